The summed E-state index contributed by atoms with van der Waals surface area (Å²) in [5.41, 5.74) is 0. The van der Waals surface area contributed by atoms with Crippen LogP contribution in [-0.4, -0.2) is 11.1 Å². The molecule has 2 nitrogen and oxygen atoms in total. The fourth-order valence-electron chi connectivity index (χ4n) is 0. The van der Waals surface area contributed by atoms with E-state index in [0.29, 0.717) is 0 Å². The Hall–Kier alpha value is 0.106. The molecule has 0 aliphatic carbocycles. The van der Waals surface area contributed by atoms with Gasteiger partial charge in [-0.15, -0.1) is 0 Å². The van der Waals surface area contributed by atoms with E-state index >= 15 is 0 Å². The second kappa shape index (κ2) is 4.11. The Labute approximate surface area is 43.2 Å². The molecule has 0 fully saturated rings. The largest absolute Gasteiger partial charge is 0.481 e. The van der Waals surface area contributed by atoms with E-state index in [4.69, 9.17) is 9.90 Å². The van der Waals surface area contributed by atoms with Gasteiger partial charge in [-0.05, 0) is 0 Å². The summed E-state index contributed by atoms with van der Waals surface area (Å²) in [7, 11) is 0. The van der Waals surface area contributed by atoms with Crippen molar-refractivity contribution in [3.05, 3.63) is 0 Å². The summed E-state index contributed by atoms with van der Waals surface area (Å²) in [4.78, 5) is 9.00. The molecule has 0 atom stereocenters. The van der Waals surface area contributed by atoms with Crippen molar-refractivity contribution in [2.75, 3.05) is 0 Å². The van der Waals surface area contributed by atoms with Crippen molar-refractivity contribution in [3.63, 3.8) is 0 Å². The number of hydrogen-bond acceptors (Lipinski definition) is 1. The van der Waals surface area contributed by atoms with Crippen molar-refractivity contribution in [2.45, 2.75) is 6.92 Å². The number of carbonyl (C=O) groups is 1. The number of carboxylic acids is 1. The van der Waals surface area contributed by atoms with E-state index in [9.17, 15) is 0 Å². The minimum Gasteiger partial charge on any atom is -0.481 e. The zero-order valence-electron chi connectivity index (χ0n) is 2.71. The summed E-state index contributed by atoms with van der Waals surface area (Å²) < 4.78 is 0. The van der Waals surface area contributed by atoms with Crippen LogP contribution in [-0.2, 0) is 24.6 Å². The van der Waals surface area contributed by atoms with Crippen LogP contribution in [0.25, 0.3) is 0 Å². The van der Waals surface area contributed by atoms with Crippen LogP contribution in [0.1, 0.15) is 6.92 Å². The Morgan fingerprint density at radius 3 is 1.80 bits per heavy atom. The van der Waals surface area contributed by atoms with E-state index in [0.717, 1.165) is 6.92 Å². The van der Waals surface area contributed by atoms with E-state index in [2.05, 4.69) is 0 Å². The molecule has 0 rings (SSSR count). The molecule has 0 amide bonds. The third kappa shape index (κ3) is 1610. The Morgan fingerprint density at radius 2 is 1.80 bits per heavy atom. The summed E-state index contributed by atoms with van der Waals surface area (Å²) in [5, 5.41) is 7.42. The summed E-state index contributed by atoms with van der Waals surface area (Å²) in [6.07, 6.45) is 0. The zero-order valence-corrected chi connectivity index (χ0v) is 5.25. The Kier molecular flexibility index (Phi) is 7.33. The molecule has 0 radical (unpaired) electrons. The Balaban J connectivity index is 0. The van der Waals surface area contributed by atoms with Crippen LogP contribution in [0.4, 0.5) is 0 Å². The zero-order chi connectivity index (χ0) is 3.58. The molecule has 0 saturated carbocycles. The van der Waals surface area contributed by atoms with Gasteiger partial charge in [-0.2, -0.15) is 0 Å². The molecular weight excluding hydrogens is 246 g/mol. The van der Waals surface area contributed by atoms with Gasteiger partial charge < -0.3 is 5.11 Å². The Bertz CT molecular complexity index is 30.6. The molecule has 0 aliphatic heterocycles. The van der Waals surface area contributed by atoms with E-state index in [-0.39, 0.29) is 19.8 Å². The van der Waals surface area contributed by atoms with Crippen molar-refractivity contribution in [1.29, 1.82) is 0 Å². The maximum atomic E-state index is 9.00. The normalized spacial score (nSPS) is 5.00. The van der Waals surface area contributed by atoms with Gasteiger partial charge in [0.25, 0.3) is 5.97 Å². The molecule has 0 saturated heterocycles. The van der Waals surface area contributed by atoms with E-state index in [1.54, 1.807) is 0 Å². The molecule has 3 heteroatoms. The van der Waals surface area contributed by atoms with Crippen molar-refractivity contribution in [2.24, 2.45) is 0 Å². The van der Waals surface area contributed by atoms with Crippen LogP contribution in [0.15, 0.2) is 0 Å². The number of hydrogen-bond donors (Lipinski definition) is 1. The van der Waals surface area contributed by atoms with Crippen LogP contribution < -0.4 is 0 Å². The van der Waals surface area contributed by atoms with Gasteiger partial charge in [0.2, 0.25) is 0 Å². The quantitative estimate of drug-likeness (QED) is 0.661. The van der Waals surface area contributed by atoms with Crippen LogP contribution in [0.5, 0.6) is 0 Å². The average molecular weight is 250 g/mol. The molecule has 0 unspecified atom stereocenters. The molecule has 0 aliphatic rings. The van der Waals surface area contributed by atoms with Crippen molar-refractivity contribution >= 4 is 5.97 Å². The van der Waals surface area contributed by atoms with Crippen molar-refractivity contribution < 1.29 is 29.7 Å². The van der Waals surface area contributed by atoms with Gasteiger partial charge in [0, 0.05) is 26.7 Å². The number of carboxylic acid groups (broad SMARTS) is 1. The topological polar surface area (TPSA) is 37.3 Å². The first-order chi connectivity index (χ1) is 1.73. The average Bonchev–Trinajstić information content (AvgIpc) is 0.811. The SMILES string of the molecule is CC(=O)O.[Os]. The van der Waals surface area contributed by atoms with Gasteiger partial charge in [-0.25, -0.2) is 0 Å². The fraction of sp³-hybridized carbons (Fsp3) is 0.500. The van der Waals surface area contributed by atoms with Crippen molar-refractivity contribution in [3.8, 4) is 0 Å². The molecule has 0 heterocycles. The summed E-state index contributed by atoms with van der Waals surface area (Å²) in [6.45, 7) is 1.08. The maximum Gasteiger partial charge on any atom is 0.300 e. The first kappa shape index (κ1) is 8.92. The summed E-state index contributed by atoms with van der Waals surface area (Å²) >= 11 is 0. The third-order valence-electron chi connectivity index (χ3n) is 0. The van der Waals surface area contributed by atoms with Gasteiger partial charge in [0.1, 0.15) is 0 Å². The summed E-state index contributed by atoms with van der Waals surface area (Å²) in [5.74, 6) is -0.833. The van der Waals surface area contributed by atoms with Crippen LogP contribution in [0.3, 0.4) is 0 Å². The molecular formula is C2H4O2Os. The molecule has 32 valence electrons. The minimum atomic E-state index is -0.833. The molecule has 0 aromatic heterocycles. The van der Waals surface area contributed by atoms with Crippen molar-refractivity contribution in [1.82, 2.24) is 0 Å². The predicted octanol–water partition coefficient (Wildman–Crippen LogP) is 0.0884. The van der Waals surface area contributed by atoms with Crippen LogP contribution in [0.2, 0.25) is 0 Å². The molecule has 0 spiro atoms. The van der Waals surface area contributed by atoms with E-state index < -0.39 is 5.97 Å². The first-order valence-electron chi connectivity index (χ1n) is 0.928. The molecule has 0 aromatic rings. The summed E-state index contributed by atoms with van der Waals surface area (Å²) in [6, 6.07) is 0. The molecule has 5 heavy (non-hydrogen) atoms. The second-order valence-corrected chi connectivity index (χ2v) is 0.519. The monoisotopic (exact) mass is 252 g/mol. The van der Waals surface area contributed by atoms with Crippen LogP contribution >= 0.6 is 0 Å². The van der Waals surface area contributed by atoms with Gasteiger partial charge >= 0.3 is 0 Å². The molecule has 1 N–H and O–H groups in total. The standard InChI is InChI=1S/C2H4O2.Os/c1-2(3)4;/h1H3,(H,3,4);. The molecule has 0 bridgehead atoms. The van der Waals surface area contributed by atoms with Gasteiger partial charge in [-0.3, -0.25) is 4.79 Å². The van der Waals surface area contributed by atoms with Gasteiger partial charge in [0.05, 0.1) is 0 Å². The number of aliphatic carboxylic acids is 1. The number of rotatable bonds is 0. The first-order valence-corrected chi connectivity index (χ1v) is 0.928. The minimum absolute atomic E-state index is 0. The molecule has 0 aromatic carbocycles. The fourth-order valence-corrected chi connectivity index (χ4v) is 0. The third-order valence-corrected chi connectivity index (χ3v) is 0. The Morgan fingerprint density at radius 1 is 1.80 bits per heavy atom. The smallest absolute Gasteiger partial charge is 0.300 e. The van der Waals surface area contributed by atoms with E-state index in [1.165, 1.54) is 0 Å². The maximum absolute atomic E-state index is 9.00. The van der Waals surface area contributed by atoms with E-state index in [1.807, 2.05) is 0 Å². The second-order valence-electron chi connectivity index (χ2n) is 0.519. The van der Waals surface area contributed by atoms with Crippen LogP contribution in [0, 0.1) is 0 Å². The van der Waals surface area contributed by atoms with Gasteiger partial charge in [0.15, 0.2) is 0 Å². The predicted molar refractivity (Wildman–Crippen MR) is 13.3 cm³/mol. The van der Waals surface area contributed by atoms with Gasteiger partial charge in [-0.1, -0.05) is 0 Å².